The number of aromatic nitrogens is 1. The summed E-state index contributed by atoms with van der Waals surface area (Å²) in [6.07, 6.45) is 3.33. The Labute approximate surface area is 104 Å². The number of carbonyl (C=O) groups is 1. The van der Waals surface area contributed by atoms with Crippen molar-refractivity contribution >= 4 is 21.8 Å². The molecule has 0 atom stereocenters. The van der Waals surface area contributed by atoms with E-state index >= 15 is 0 Å². The zero-order valence-electron chi connectivity index (χ0n) is 9.65. The van der Waals surface area contributed by atoms with Crippen molar-refractivity contribution in [1.29, 1.82) is 0 Å². The summed E-state index contributed by atoms with van der Waals surface area (Å²) in [5.41, 5.74) is 0.382. The molecule has 16 heavy (non-hydrogen) atoms. The van der Waals surface area contributed by atoms with Gasteiger partial charge in [-0.05, 0) is 12.8 Å². The van der Waals surface area contributed by atoms with Crippen molar-refractivity contribution in [2.24, 2.45) is 0 Å². The molecule has 1 heterocycles. The second kappa shape index (κ2) is 6.68. The van der Waals surface area contributed by atoms with E-state index < -0.39 is 0 Å². The third-order valence-corrected chi connectivity index (χ3v) is 2.98. The van der Waals surface area contributed by atoms with Gasteiger partial charge < -0.3 is 9.42 Å². The monoisotopic (exact) mass is 288 g/mol. The lowest BCUT2D eigenvalue weighted by molar-refractivity contribution is 0.0672. The molecule has 0 saturated carbocycles. The fourth-order valence-corrected chi connectivity index (χ4v) is 2.12. The number of carbonyl (C=O) groups excluding carboxylic acids is 1. The highest BCUT2D eigenvalue weighted by Crippen LogP contribution is 2.13. The number of halogens is 1. The Morgan fingerprint density at radius 2 is 2.25 bits per heavy atom. The summed E-state index contributed by atoms with van der Waals surface area (Å²) in [5, 5.41) is 4.46. The third-order valence-electron chi connectivity index (χ3n) is 2.63. The SMILES string of the molecule is CCC(CC)N(CCBr)C(=O)c1ccon1. The Kier molecular flexibility index (Phi) is 5.52. The highest BCUT2D eigenvalue weighted by molar-refractivity contribution is 9.09. The average Bonchev–Trinajstić information content (AvgIpc) is 2.82. The highest BCUT2D eigenvalue weighted by atomic mass is 79.9. The normalized spacial score (nSPS) is 10.8. The number of hydrogen-bond acceptors (Lipinski definition) is 3. The maximum Gasteiger partial charge on any atom is 0.276 e. The predicted molar refractivity (Wildman–Crippen MR) is 65.7 cm³/mol. The van der Waals surface area contributed by atoms with Crippen LogP contribution in [0, 0.1) is 0 Å². The van der Waals surface area contributed by atoms with Crippen molar-refractivity contribution in [2.75, 3.05) is 11.9 Å². The van der Waals surface area contributed by atoms with Gasteiger partial charge in [-0.1, -0.05) is 34.9 Å². The number of amides is 1. The molecule has 0 N–H and O–H groups in total. The van der Waals surface area contributed by atoms with Crippen LogP contribution in [-0.2, 0) is 0 Å². The molecular weight excluding hydrogens is 272 g/mol. The van der Waals surface area contributed by atoms with Gasteiger partial charge in [0.15, 0.2) is 5.69 Å². The Balaban J connectivity index is 2.80. The minimum atomic E-state index is -0.0538. The predicted octanol–water partition coefficient (Wildman–Crippen LogP) is 2.70. The topological polar surface area (TPSA) is 46.3 Å². The van der Waals surface area contributed by atoms with Crippen molar-refractivity contribution in [3.63, 3.8) is 0 Å². The maximum atomic E-state index is 12.1. The Morgan fingerprint density at radius 3 is 2.69 bits per heavy atom. The van der Waals surface area contributed by atoms with E-state index in [1.807, 2.05) is 4.90 Å². The molecule has 0 fully saturated rings. The van der Waals surface area contributed by atoms with Crippen molar-refractivity contribution in [3.8, 4) is 0 Å². The van der Waals surface area contributed by atoms with E-state index in [2.05, 4.69) is 34.9 Å². The molecule has 0 unspecified atom stereocenters. The molecule has 0 saturated heterocycles. The molecule has 0 bridgehead atoms. The molecule has 4 nitrogen and oxygen atoms in total. The molecule has 5 heteroatoms. The molecule has 1 aromatic heterocycles. The van der Waals surface area contributed by atoms with Crippen LogP contribution in [0.2, 0.25) is 0 Å². The van der Waals surface area contributed by atoms with E-state index in [0.29, 0.717) is 12.2 Å². The first-order valence-corrected chi connectivity index (χ1v) is 6.64. The third kappa shape index (κ3) is 3.07. The van der Waals surface area contributed by atoms with Crippen LogP contribution in [0.25, 0.3) is 0 Å². The lowest BCUT2D eigenvalue weighted by atomic mass is 10.1. The first-order chi connectivity index (χ1) is 7.74. The average molecular weight is 289 g/mol. The minimum Gasteiger partial charge on any atom is -0.364 e. The summed E-state index contributed by atoms with van der Waals surface area (Å²) in [6, 6.07) is 1.87. The molecule has 0 aliphatic rings. The molecule has 90 valence electrons. The van der Waals surface area contributed by atoms with E-state index in [-0.39, 0.29) is 11.9 Å². The summed E-state index contributed by atoms with van der Waals surface area (Å²) >= 11 is 3.37. The Morgan fingerprint density at radius 1 is 1.56 bits per heavy atom. The molecule has 0 spiro atoms. The van der Waals surface area contributed by atoms with Crippen LogP contribution >= 0.6 is 15.9 Å². The molecule has 1 aromatic rings. The van der Waals surface area contributed by atoms with E-state index in [1.165, 1.54) is 6.26 Å². The first kappa shape index (κ1) is 13.2. The van der Waals surface area contributed by atoms with Gasteiger partial charge in [0.05, 0.1) is 0 Å². The van der Waals surface area contributed by atoms with Crippen LogP contribution in [0.3, 0.4) is 0 Å². The van der Waals surface area contributed by atoms with Gasteiger partial charge in [0.25, 0.3) is 5.91 Å². The van der Waals surface area contributed by atoms with Gasteiger partial charge in [-0.2, -0.15) is 0 Å². The van der Waals surface area contributed by atoms with Crippen LogP contribution < -0.4 is 0 Å². The van der Waals surface area contributed by atoms with Gasteiger partial charge >= 0.3 is 0 Å². The number of hydrogen-bond donors (Lipinski definition) is 0. The molecule has 0 aromatic carbocycles. The Hall–Kier alpha value is -0.840. The summed E-state index contributed by atoms with van der Waals surface area (Å²) in [5.74, 6) is -0.0538. The molecule has 0 radical (unpaired) electrons. The Bertz CT molecular complexity index is 310. The lowest BCUT2D eigenvalue weighted by Gasteiger charge is -2.29. The van der Waals surface area contributed by atoms with Gasteiger partial charge in [0.1, 0.15) is 6.26 Å². The maximum absolute atomic E-state index is 12.1. The minimum absolute atomic E-state index is 0.0538. The summed E-state index contributed by atoms with van der Waals surface area (Å²) < 4.78 is 4.70. The molecular formula is C11H17BrN2O2. The fourth-order valence-electron chi connectivity index (χ4n) is 1.74. The fraction of sp³-hybridized carbons (Fsp3) is 0.636. The highest BCUT2D eigenvalue weighted by Gasteiger charge is 2.23. The van der Waals surface area contributed by atoms with Crippen molar-refractivity contribution in [1.82, 2.24) is 10.1 Å². The van der Waals surface area contributed by atoms with Gasteiger partial charge in [-0.3, -0.25) is 4.79 Å². The summed E-state index contributed by atoms with van der Waals surface area (Å²) in [6.45, 7) is 4.87. The molecule has 0 aliphatic carbocycles. The van der Waals surface area contributed by atoms with Gasteiger partial charge in [-0.15, -0.1) is 0 Å². The lowest BCUT2D eigenvalue weighted by Crippen LogP contribution is -2.41. The van der Waals surface area contributed by atoms with Crippen LogP contribution in [-0.4, -0.2) is 33.9 Å². The van der Waals surface area contributed by atoms with E-state index in [0.717, 1.165) is 18.2 Å². The second-order valence-electron chi connectivity index (χ2n) is 3.54. The van der Waals surface area contributed by atoms with Crippen LogP contribution in [0.1, 0.15) is 37.2 Å². The van der Waals surface area contributed by atoms with Crippen LogP contribution in [0.15, 0.2) is 16.9 Å². The van der Waals surface area contributed by atoms with Crippen molar-refractivity contribution < 1.29 is 9.32 Å². The smallest absolute Gasteiger partial charge is 0.276 e. The number of rotatable bonds is 6. The van der Waals surface area contributed by atoms with E-state index in [9.17, 15) is 4.79 Å². The van der Waals surface area contributed by atoms with Gasteiger partial charge in [0, 0.05) is 24.0 Å². The zero-order valence-corrected chi connectivity index (χ0v) is 11.2. The molecule has 0 aliphatic heterocycles. The number of nitrogens with zero attached hydrogens (tertiary/aromatic N) is 2. The van der Waals surface area contributed by atoms with Crippen molar-refractivity contribution in [2.45, 2.75) is 32.7 Å². The standard InChI is InChI=1S/C11H17BrN2O2/c1-3-9(4-2)14(7-6-12)11(15)10-5-8-16-13-10/h5,8-9H,3-4,6-7H2,1-2H3. The van der Waals surface area contributed by atoms with Gasteiger partial charge in [-0.25, -0.2) is 0 Å². The summed E-state index contributed by atoms with van der Waals surface area (Å²) in [4.78, 5) is 14.0. The second-order valence-corrected chi connectivity index (χ2v) is 4.34. The first-order valence-electron chi connectivity index (χ1n) is 5.51. The number of alkyl halides is 1. The van der Waals surface area contributed by atoms with Crippen molar-refractivity contribution in [3.05, 3.63) is 18.0 Å². The molecule has 1 rings (SSSR count). The van der Waals surface area contributed by atoms with Gasteiger partial charge in [0.2, 0.25) is 0 Å². The quantitative estimate of drug-likeness (QED) is 0.756. The van der Waals surface area contributed by atoms with Crippen LogP contribution in [0.4, 0.5) is 0 Å². The van der Waals surface area contributed by atoms with E-state index in [1.54, 1.807) is 6.07 Å². The summed E-state index contributed by atoms with van der Waals surface area (Å²) in [7, 11) is 0. The zero-order chi connectivity index (χ0) is 12.0. The largest absolute Gasteiger partial charge is 0.364 e. The van der Waals surface area contributed by atoms with Crippen LogP contribution in [0.5, 0.6) is 0 Å². The molecule has 1 amide bonds. The van der Waals surface area contributed by atoms with E-state index in [4.69, 9.17) is 4.52 Å².